The average Bonchev–Trinajstić information content (AvgIpc) is 2.80. The van der Waals surface area contributed by atoms with Gasteiger partial charge in [-0.1, -0.05) is 42.5 Å². The van der Waals surface area contributed by atoms with Gasteiger partial charge in [0.15, 0.2) is 11.2 Å². The van der Waals surface area contributed by atoms with Gasteiger partial charge in [-0.3, -0.25) is 14.5 Å². The SMILES string of the molecule is O=C(NC1CCN(Cc2cccc3ccccc23)CC1)c1cc(=O)c2ccc(F)cc2o1. The maximum atomic E-state index is 13.5. The smallest absolute Gasteiger partial charge is 0.287 e. The standard InChI is InChI=1S/C26H23FN2O3/c27-19-8-9-22-23(30)15-25(32-24(22)14-19)26(31)28-20-10-12-29(13-11-20)16-18-6-3-5-17-4-1-2-7-21(17)18/h1-9,14-15,20H,10-13,16H2,(H,28,31). The molecule has 2 heterocycles. The number of hydrogen-bond acceptors (Lipinski definition) is 4. The van der Waals surface area contributed by atoms with Crippen LogP contribution in [0, 0.1) is 5.82 Å². The van der Waals surface area contributed by atoms with Crippen LogP contribution in [0.4, 0.5) is 4.39 Å². The van der Waals surface area contributed by atoms with Crippen molar-refractivity contribution in [2.45, 2.75) is 25.4 Å². The number of likely N-dealkylation sites (tertiary alicyclic amines) is 1. The quantitative estimate of drug-likeness (QED) is 0.519. The number of amides is 1. The summed E-state index contributed by atoms with van der Waals surface area (Å²) < 4.78 is 19.0. The second-order valence-electron chi connectivity index (χ2n) is 8.28. The number of nitrogens with zero attached hydrogens (tertiary/aromatic N) is 1. The predicted molar refractivity (Wildman–Crippen MR) is 122 cm³/mol. The van der Waals surface area contributed by atoms with Gasteiger partial charge in [-0.15, -0.1) is 0 Å². The first-order chi connectivity index (χ1) is 15.6. The molecule has 3 aromatic carbocycles. The lowest BCUT2D eigenvalue weighted by Gasteiger charge is -2.32. The third kappa shape index (κ3) is 4.14. The largest absolute Gasteiger partial charge is 0.451 e. The minimum absolute atomic E-state index is 0.000207. The second kappa shape index (κ2) is 8.55. The second-order valence-corrected chi connectivity index (χ2v) is 8.28. The third-order valence-electron chi connectivity index (χ3n) is 6.11. The Labute approximate surface area is 184 Å². The van der Waals surface area contributed by atoms with Crippen LogP contribution in [0.25, 0.3) is 21.7 Å². The Hall–Kier alpha value is -3.51. The first-order valence-electron chi connectivity index (χ1n) is 10.8. The molecule has 1 fully saturated rings. The van der Waals surface area contributed by atoms with Crippen molar-refractivity contribution in [3.8, 4) is 0 Å². The molecular weight excluding hydrogens is 407 g/mol. The zero-order valence-electron chi connectivity index (χ0n) is 17.5. The molecule has 4 aromatic rings. The average molecular weight is 430 g/mol. The molecule has 32 heavy (non-hydrogen) atoms. The first kappa shape index (κ1) is 20.4. The monoisotopic (exact) mass is 430 g/mol. The van der Waals surface area contributed by atoms with E-state index in [1.807, 2.05) is 0 Å². The molecule has 0 unspecified atom stereocenters. The van der Waals surface area contributed by atoms with Crippen molar-refractivity contribution in [1.29, 1.82) is 0 Å². The van der Waals surface area contributed by atoms with Gasteiger partial charge in [0, 0.05) is 37.8 Å². The third-order valence-corrected chi connectivity index (χ3v) is 6.11. The van der Waals surface area contributed by atoms with E-state index < -0.39 is 11.7 Å². The van der Waals surface area contributed by atoms with Crippen molar-refractivity contribution in [3.05, 3.63) is 94.1 Å². The Kier molecular flexibility index (Phi) is 5.45. The lowest BCUT2D eigenvalue weighted by molar-refractivity contribution is 0.0881. The number of carbonyl (C=O) groups is 1. The van der Waals surface area contributed by atoms with E-state index in [2.05, 4.69) is 52.7 Å². The normalized spacial score (nSPS) is 15.3. The van der Waals surface area contributed by atoms with Crippen LogP contribution in [-0.2, 0) is 6.54 Å². The molecule has 1 N–H and O–H groups in total. The van der Waals surface area contributed by atoms with Crippen molar-refractivity contribution in [2.75, 3.05) is 13.1 Å². The molecule has 0 bridgehead atoms. The van der Waals surface area contributed by atoms with Gasteiger partial charge in [-0.05, 0) is 41.3 Å². The predicted octanol–water partition coefficient (Wildman–Crippen LogP) is 4.48. The number of rotatable bonds is 4. The van der Waals surface area contributed by atoms with E-state index in [0.29, 0.717) is 0 Å². The summed E-state index contributed by atoms with van der Waals surface area (Å²) >= 11 is 0. The van der Waals surface area contributed by atoms with Gasteiger partial charge in [-0.25, -0.2) is 4.39 Å². The summed E-state index contributed by atoms with van der Waals surface area (Å²) in [5.41, 5.74) is 1.02. The van der Waals surface area contributed by atoms with Crippen LogP contribution >= 0.6 is 0 Å². The van der Waals surface area contributed by atoms with Crippen molar-refractivity contribution in [1.82, 2.24) is 10.2 Å². The van der Waals surface area contributed by atoms with Gasteiger partial charge in [-0.2, -0.15) is 0 Å². The number of fused-ring (bicyclic) bond motifs is 2. The van der Waals surface area contributed by atoms with Crippen LogP contribution < -0.4 is 10.7 Å². The highest BCUT2D eigenvalue weighted by molar-refractivity contribution is 5.93. The van der Waals surface area contributed by atoms with Gasteiger partial charge in [0.25, 0.3) is 5.91 Å². The Morgan fingerprint density at radius 2 is 1.78 bits per heavy atom. The molecule has 0 atom stereocenters. The van der Waals surface area contributed by atoms with E-state index >= 15 is 0 Å². The Bertz CT molecular complexity index is 1350. The van der Waals surface area contributed by atoms with E-state index in [1.165, 1.54) is 34.5 Å². The number of nitrogens with one attached hydrogen (secondary N) is 1. The van der Waals surface area contributed by atoms with Gasteiger partial charge in [0.1, 0.15) is 11.4 Å². The van der Waals surface area contributed by atoms with E-state index in [-0.39, 0.29) is 28.2 Å². The summed E-state index contributed by atoms with van der Waals surface area (Å²) in [4.78, 5) is 27.3. The zero-order chi connectivity index (χ0) is 22.1. The minimum atomic E-state index is -0.517. The Balaban J connectivity index is 1.23. The Morgan fingerprint density at radius 3 is 2.62 bits per heavy atom. The van der Waals surface area contributed by atoms with Crippen LogP contribution in [0.5, 0.6) is 0 Å². The molecule has 5 rings (SSSR count). The number of carbonyl (C=O) groups excluding carboxylic acids is 1. The molecule has 1 aliphatic heterocycles. The van der Waals surface area contributed by atoms with Crippen molar-refractivity contribution < 1.29 is 13.6 Å². The number of benzene rings is 3. The molecule has 0 aliphatic carbocycles. The topological polar surface area (TPSA) is 62.6 Å². The van der Waals surface area contributed by atoms with Crippen LogP contribution in [0.3, 0.4) is 0 Å². The molecule has 6 heteroatoms. The number of hydrogen-bond donors (Lipinski definition) is 1. The maximum absolute atomic E-state index is 13.5. The number of halogens is 1. The molecule has 162 valence electrons. The van der Waals surface area contributed by atoms with E-state index in [0.717, 1.165) is 38.5 Å². The van der Waals surface area contributed by atoms with Crippen LogP contribution in [-0.4, -0.2) is 29.9 Å². The molecule has 0 radical (unpaired) electrons. The number of piperidine rings is 1. The highest BCUT2D eigenvalue weighted by Gasteiger charge is 2.23. The summed E-state index contributed by atoms with van der Waals surface area (Å²) in [5, 5.41) is 5.73. The lowest BCUT2D eigenvalue weighted by atomic mass is 10.0. The molecule has 0 saturated carbocycles. The highest BCUT2D eigenvalue weighted by Crippen LogP contribution is 2.22. The molecule has 1 aromatic heterocycles. The summed E-state index contributed by atoms with van der Waals surface area (Å²) in [6.07, 6.45) is 1.62. The summed E-state index contributed by atoms with van der Waals surface area (Å²) in [5.74, 6) is -1.05. The maximum Gasteiger partial charge on any atom is 0.287 e. The van der Waals surface area contributed by atoms with Crippen LogP contribution in [0.1, 0.15) is 29.0 Å². The fourth-order valence-corrected chi connectivity index (χ4v) is 4.40. The van der Waals surface area contributed by atoms with Gasteiger partial charge >= 0.3 is 0 Å². The Morgan fingerprint density at radius 1 is 1.00 bits per heavy atom. The van der Waals surface area contributed by atoms with Gasteiger partial charge < -0.3 is 9.73 Å². The molecule has 1 amide bonds. The van der Waals surface area contributed by atoms with E-state index in [4.69, 9.17) is 4.42 Å². The fourth-order valence-electron chi connectivity index (χ4n) is 4.40. The van der Waals surface area contributed by atoms with Crippen LogP contribution in [0.15, 0.2) is 75.9 Å². The minimum Gasteiger partial charge on any atom is -0.451 e. The fraction of sp³-hybridized carbons (Fsp3) is 0.231. The van der Waals surface area contributed by atoms with E-state index in [1.54, 1.807) is 0 Å². The molecule has 1 saturated heterocycles. The molecule has 1 aliphatic rings. The molecular formula is C26H23FN2O3. The zero-order valence-corrected chi connectivity index (χ0v) is 17.5. The summed E-state index contributed by atoms with van der Waals surface area (Å²) in [6.45, 7) is 2.59. The van der Waals surface area contributed by atoms with Gasteiger partial charge in [0.05, 0.1) is 5.39 Å². The van der Waals surface area contributed by atoms with Gasteiger partial charge in [0.2, 0.25) is 0 Å². The van der Waals surface area contributed by atoms with Crippen molar-refractivity contribution in [2.24, 2.45) is 0 Å². The van der Waals surface area contributed by atoms with Crippen LogP contribution in [0.2, 0.25) is 0 Å². The first-order valence-corrected chi connectivity index (χ1v) is 10.8. The molecule has 5 nitrogen and oxygen atoms in total. The summed E-state index contributed by atoms with van der Waals surface area (Å²) in [7, 11) is 0. The van der Waals surface area contributed by atoms with E-state index in [9.17, 15) is 14.0 Å². The summed E-state index contributed by atoms with van der Waals surface area (Å²) in [6, 6.07) is 19.6. The lowest BCUT2D eigenvalue weighted by Crippen LogP contribution is -2.44. The van der Waals surface area contributed by atoms with Crippen molar-refractivity contribution in [3.63, 3.8) is 0 Å². The molecule has 0 spiro atoms. The van der Waals surface area contributed by atoms with Crippen molar-refractivity contribution >= 4 is 27.6 Å². The highest BCUT2D eigenvalue weighted by atomic mass is 19.1.